The van der Waals surface area contributed by atoms with Crippen molar-refractivity contribution in [1.82, 2.24) is 4.98 Å². The average Bonchev–Trinajstić information content (AvgIpc) is 2.80. The Balaban J connectivity index is 2.39. The fourth-order valence-corrected chi connectivity index (χ4v) is 2.39. The lowest BCUT2D eigenvalue weighted by Crippen LogP contribution is -2.19. The zero-order valence-corrected chi connectivity index (χ0v) is 9.49. The standard InChI is InChI=1S/C11H10Cl2N2/c12-8-5-7(11(14)2-3-11)10-6(9(8)13)1-4-15-10/h1,4-5,15H,2-3,14H2. The number of aromatic nitrogens is 1. The highest BCUT2D eigenvalue weighted by atomic mass is 35.5. The van der Waals surface area contributed by atoms with Gasteiger partial charge in [0.2, 0.25) is 0 Å². The molecule has 1 aromatic heterocycles. The number of nitrogens with one attached hydrogen (secondary N) is 1. The Labute approximate surface area is 97.4 Å². The minimum Gasteiger partial charge on any atom is -0.361 e. The smallest absolute Gasteiger partial charge is 0.0686 e. The Hall–Kier alpha value is -0.700. The first-order valence-electron chi connectivity index (χ1n) is 4.86. The van der Waals surface area contributed by atoms with E-state index in [2.05, 4.69) is 4.98 Å². The number of halogens is 2. The van der Waals surface area contributed by atoms with Crippen LogP contribution in [0.1, 0.15) is 18.4 Å². The van der Waals surface area contributed by atoms with Crippen molar-refractivity contribution in [3.63, 3.8) is 0 Å². The van der Waals surface area contributed by atoms with Crippen LogP contribution >= 0.6 is 23.2 Å². The molecule has 1 aromatic carbocycles. The van der Waals surface area contributed by atoms with E-state index in [1.54, 1.807) is 0 Å². The number of aromatic amines is 1. The summed E-state index contributed by atoms with van der Waals surface area (Å²) in [5, 5.41) is 2.13. The van der Waals surface area contributed by atoms with E-state index in [0.29, 0.717) is 10.0 Å². The van der Waals surface area contributed by atoms with Crippen molar-refractivity contribution in [2.24, 2.45) is 5.73 Å². The molecule has 0 radical (unpaired) electrons. The highest BCUT2D eigenvalue weighted by Gasteiger charge is 2.41. The Bertz CT molecular complexity index is 541. The molecule has 1 saturated carbocycles. The fraction of sp³-hybridized carbons (Fsp3) is 0.273. The summed E-state index contributed by atoms with van der Waals surface area (Å²) in [6, 6.07) is 3.81. The molecule has 0 atom stereocenters. The molecule has 15 heavy (non-hydrogen) atoms. The van der Waals surface area contributed by atoms with E-state index >= 15 is 0 Å². The second kappa shape index (κ2) is 2.91. The Morgan fingerprint density at radius 2 is 2.07 bits per heavy atom. The molecule has 2 nitrogen and oxygen atoms in total. The van der Waals surface area contributed by atoms with Crippen LogP contribution < -0.4 is 5.73 Å². The van der Waals surface area contributed by atoms with E-state index in [1.165, 1.54) is 0 Å². The summed E-state index contributed by atoms with van der Waals surface area (Å²) in [7, 11) is 0. The average molecular weight is 241 g/mol. The molecule has 78 valence electrons. The molecule has 2 aromatic rings. The molecule has 0 aliphatic heterocycles. The first kappa shape index (κ1) is 9.52. The van der Waals surface area contributed by atoms with Gasteiger partial charge < -0.3 is 10.7 Å². The van der Waals surface area contributed by atoms with Gasteiger partial charge in [0.05, 0.1) is 15.6 Å². The Morgan fingerprint density at radius 3 is 2.73 bits per heavy atom. The third kappa shape index (κ3) is 1.29. The summed E-state index contributed by atoms with van der Waals surface area (Å²) in [5.74, 6) is 0. The van der Waals surface area contributed by atoms with E-state index in [-0.39, 0.29) is 5.54 Å². The molecule has 0 amide bonds. The molecule has 1 heterocycles. The summed E-state index contributed by atoms with van der Waals surface area (Å²) in [6.07, 6.45) is 3.89. The monoisotopic (exact) mass is 240 g/mol. The first-order valence-corrected chi connectivity index (χ1v) is 5.62. The number of rotatable bonds is 1. The predicted octanol–water partition coefficient (Wildman–Crippen LogP) is 3.42. The molecule has 1 aliphatic carbocycles. The van der Waals surface area contributed by atoms with Crippen molar-refractivity contribution in [1.29, 1.82) is 0 Å². The molecule has 0 spiro atoms. The van der Waals surface area contributed by atoms with Gasteiger partial charge in [0.15, 0.2) is 0 Å². The molecule has 1 fully saturated rings. The van der Waals surface area contributed by atoms with E-state index in [9.17, 15) is 0 Å². The van der Waals surface area contributed by atoms with Crippen molar-refractivity contribution in [3.8, 4) is 0 Å². The number of benzene rings is 1. The normalized spacial score (nSPS) is 18.3. The Morgan fingerprint density at radius 1 is 1.33 bits per heavy atom. The number of fused-ring (bicyclic) bond motifs is 1. The van der Waals surface area contributed by atoms with Gasteiger partial charge in [-0.3, -0.25) is 0 Å². The summed E-state index contributed by atoms with van der Waals surface area (Å²) in [4.78, 5) is 3.18. The maximum absolute atomic E-state index is 6.19. The lowest BCUT2D eigenvalue weighted by molar-refractivity contribution is 0.746. The largest absolute Gasteiger partial charge is 0.361 e. The van der Waals surface area contributed by atoms with E-state index in [0.717, 1.165) is 29.3 Å². The van der Waals surface area contributed by atoms with E-state index < -0.39 is 0 Å². The van der Waals surface area contributed by atoms with Crippen molar-refractivity contribution in [2.75, 3.05) is 0 Å². The first-order chi connectivity index (χ1) is 7.12. The summed E-state index contributed by atoms with van der Waals surface area (Å²) < 4.78 is 0. The molecular weight excluding hydrogens is 231 g/mol. The van der Waals surface area contributed by atoms with Gasteiger partial charge in [0, 0.05) is 17.1 Å². The SMILES string of the molecule is NC1(c2cc(Cl)c(Cl)c3cc[nH]c23)CC1. The molecule has 3 N–H and O–H groups in total. The fourth-order valence-electron chi connectivity index (χ4n) is 1.96. The molecular formula is C11H10Cl2N2. The van der Waals surface area contributed by atoms with E-state index in [1.807, 2.05) is 18.3 Å². The maximum Gasteiger partial charge on any atom is 0.0686 e. The van der Waals surface area contributed by atoms with Crippen LogP contribution in [0.4, 0.5) is 0 Å². The maximum atomic E-state index is 6.19. The van der Waals surface area contributed by atoms with Crippen LogP contribution in [0.15, 0.2) is 18.3 Å². The molecule has 4 heteroatoms. The lowest BCUT2D eigenvalue weighted by Gasteiger charge is -2.12. The van der Waals surface area contributed by atoms with Gasteiger partial charge in [-0.05, 0) is 30.5 Å². The molecule has 3 rings (SSSR count). The zero-order valence-electron chi connectivity index (χ0n) is 7.98. The number of nitrogens with two attached hydrogens (primary N) is 1. The van der Waals surface area contributed by atoms with Gasteiger partial charge in [0.25, 0.3) is 0 Å². The summed E-state index contributed by atoms with van der Waals surface area (Å²) >= 11 is 12.2. The van der Waals surface area contributed by atoms with Crippen molar-refractivity contribution >= 4 is 34.1 Å². The minimum atomic E-state index is -0.197. The number of hydrogen-bond acceptors (Lipinski definition) is 1. The quantitative estimate of drug-likeness (QED) is 0.789. The van der Waals surface area contributed by atoms with Gasteiger partial charge in [-0.2, -0.15) is 0 Å². The van der Waals surface area contributed by atoms with Crippen molar-refractivity contribution in [2.45, 2.75) is 18.4 Å². The second-order valence-corrected chi connectivity index (χ2v) is 4.93. The minimum absolute atomic E-state index is 0.197. The highest BCUT2D eigenvalue weighted by Crippen LogP contribution is 2.47. The lowest BCUT2D eigenvalue weighted by atomic mass is 10.0. The van der Waals surface area contributed by atoms with Crippen LogP contribution in [0, 0.1) is 0 Å². The van der Waals surface area contributed by atoms with Gasteiger partial charge in [-0.1, -0.05) is 23.2 Å². The van der Waals surface area contributed by atoms with E-state index in [4.69, 9.17) is 28.9 Å². The molecule has 0 unspecified atom stereocenters. The van der Waals surface area contributed by atoms with Crippen LogP contribution in [0.25, 0.3) is 10.9 Å². The summed E-state index contributed by atoms with van der Waals surface area (Å²) in [6.45, 7) is 0. The third-order valence-corrected chi connectivity index (χ3v) is 3.86. The Kier molecular flexibility index (Phi) is 1.85. The predicted molar refractivity (Wildman–Crippen MR) is 63.4 cm³/mol. The molecule has 1 aliphatic rings. The topological polar surface area (TPSA) is 41.8 Å². The van der Waals surface area contributed by atoms with Gasteiger partial charge in [0.1, 0.15) is 0 Å². The van der Waals surface area contributed by atoms with Gasteiger partial charge >= 0.3 is 0 Å². The summed E-state index contributed by atoms with van der Waals surface area (Å²) in [5.41, 5.74) is 8.09. The highest BCUT2D eigenvalue weighted by molar-refractivity contribution is 6.45. The van der Waals surface area contributed by atoms with Crippen LogP contribution in [-0.4, -0.2) is 4.98 Å². The van der Waals surface area contributed by atoms with Crippen LogP contribution in [0.2, 0.25) is 10.0 Å². The number of H-pyrrole nitrogens is 1. The molecule has 0 bridgehead atoms. The zero-order chi connectivity index (χ0) is 10.6. The van der Waals surface area contributed by atoms with Crippen LogP contribution in [0.3, 0.4) is 0 Å². The number of hydrogen-bond donors (Lipinski definition) is 2. The molecule has 0 saturated heterocycles. The van der Waals surface area contributed by atoms with Crippen molar-refractivity contribution < 1.29 is 0 Å². The van der Waals surface area contributed by atoms with Crippen LogP contribution in [0.5, 0.6) is 0 Å². The second-order valence-electron chi connectivity index (χ2n) is 4.14. The van der Waals surface area contributed by atoms with Gasteiger partial charge in [-0.15, -0.1) is 0 Å². The third-order valence-electron chi connectivity index (χ3n) is 3.06. The van der Waals surface area contributed by atoms with Gasteiger partial charge in [-0.25, -0.2) is 0 Å². The van der Waals surface area contributed by atoms with Crippen LogP contribution in [-0.2, 0) is 5.54 Å². The van der Waals surface area contributed by atoms with Crippen molar-refractivity contribution in [3.05, 3.63) is 33.9 Å².